The lowest BCUT2D eigenvalue weighted by atomic mass is 10.0. The fourth-order valence-electron chi connectivity index (χ4n) is 2.26. The molecule has 1 fully saturated rings. The second kappa shape index (κ2) is 6.53. The van der Waals surface area contributed by atoms with Gasteiger partial charge in [-0.05, 0) is 11.6 Å². The molecule has 2 heterocycles. The summed E-state index contributed by atoms with van der Waals surface area (Å²) in [7, 11) is 0. The molecule has 0 radical (unpaired) electrons. The molecule has 1 aromatic carbocycles. The van der Waals surface area contributed by atoms with E-state index in [0.29, 0.717) is 19.0 Å². The third-order valence-electron chi connectivity index (χ3n) is 3.69. The Morgan fingerprint density at radius 2 is 2.00 bits per heavy atom. The van der Waals surface area contributed by atoms with Gasteiger partial charge in [0.2, 0.25) is 0 Å². The Kier molecular flexibility index (Phi) is 4.29. The molecule has 1 amide bonds. The van der Waals surface area contributed by atoms with E-state index in [2.05, 4.69) is 15.7 Å². The molecule has 3 rings (SSSR count). The fraction of sp³-hybridized carbons (Fsp3) is 0.312. The van der Waals surface area contributed by atoms with Crippen molar-refractivity contribution in [1.82, 2.24) is 20.4 Å². The Bertz CT molecular complexity index is 708. The number of nitrogens with zero attached hydrogens (tertiary/aromatic N) is 2. The van der Waals surface area contributed by atoms with Gasteiger partial charge in [-0.25, -0.2) is 4.68 Å². The number of rotatable bonds is 5. The number of aromatic nitrogens is 2. The number of benzene rings is 1. The van der Waals surface area contributed by atoms with E-state index in [1.54, 1.807) is 0 Å². The van der Waals surface area contributed by atoms with Crippen LogP contribution in [-0.4, -0.2) is 35.3 Å². The summed E-state index contributed by atoms with van der Waals surface area (Å²) in [5, 5.41) is 10.2. The smallest absolute Gasteiger partial charge is 0.271 e. The van der Waals surface area contributed by atoms with Crippen LogP contribution in [0, 0.1) is 5.92 Å². The van der Waals surface area contributed by atoms with Crippen molar-refractivity contribution in [2.45, 2.75) is 6.54 Å². The molecule has 0 atom stereocenters. The molecule has 1 aliphatic rings. The van der Waals surface area contributed by atoms with Crippen LogP contribution in [0.25, 0.3) is 0 Å². The first kappa shape index (κ1) is 14.5. The van der Waals surface area contributed by atoms with Crippen molar-refractivity contribution < 1.29 is 4.79 Å². The van der Waals surface area contributed by atoms with Crippen molar-refractivity contribution in [3.63, 3.8) is 0 Å². The highest BCUT2D eigenvalue weighted by molar-refractivity contribution is 5.91. The van der Waals surface area contributed by atoms with Gasteiger partial charge < -0.3 is 10.6 Å². The molecule has 2 aromatic rings. The normalized spacial score (nSPS) is 14.4. The molecule has 2 N–H and O–H groups in total. The van der Waals surface area contributed by atoms with Crippen molar-refractivity contribution >= 4 is 5.91 Å². The highest BCUT2D eigenvalue weighted by Crippen LogP contribution is 2.02. The molecule has 0 saturated carbocycles. The molecule has 1 saturated heterocycles. The minimum Gasteiger partial charge on any atom is -0.350 e. The Morgan fingerprint density at radius 1 is 1.23 bits per heavy atom. The summed E-state index contributed by atoms with van der Waals surface area (Å²) in [4.78, 5) is 24.0. The van der Waals surface area contributed by atoms with Crippen LogP contribution in [0.3, 0.4) is 0 Å². The second-order valence-corrected chi connectivity index (χ2v) is 5.43. The summed E-state index contributed by atoms with van der Waals surface area (Å²) in [6.45, 7) is 2.85. The van der Waals surface area contributed by atoms with Crippen molar-refractivity contribution in [3.8, 4) is 0 Å². The Balaban J connectivity index is 1.71. The van der Waals surface area contributed by atoms with Crippen molar-refractivity contribution in [1.29, 1.82) is 0 Å². The molecule has 6 nitrogen and oxygen atoms in total. The molecule has 6 heteroatoms. The number of hydrogen-bond donors (Lipinski definition) is 2. The van der Waals surface area contributed by atoms with E-state index < -0.39 is 0 Å². The van der Waals surface area contributed by atoms with E-state index in [-0.39, 0.29) is 17.2 Å². The first-order valence-corrected chi connectivity index (χ1v) is 7.33. The van der Waals surface area contributed by atoms with Gasteiger partial charge in [0.25, 0.3) is 11.5 Å². The summed E-state index contributed by atoms with van der Waals surface area (Å²) in [6, 6.07) is 12.4. The zero-order valence-corrected chi connectivity index (χ0v) is 12.2. The van der Waals surface area contributed by atoms with Gasteiger partial charge in [-0.15, -0.1) is 0 Å². The highest BCUT2D eigenvalue weighted by Gasteiger charge is 2.18. The number of hydrogen-bond acceptors (Lipinski definition) is 4. The van der Waals surface area contributed by atoms with E-state index in [4.69, 9.17) is 0 Å². The van der Waals surface area contributed by atoms with Crippen molar-refractivity contribution in [3.05, 3.63) is 64.1 Å². The number of nitrogens with one attached hydrogen (secondary N) is 2. The molecule has 0 bridgehead atoms. The number of carbonyl (C=O) groups is 1. The van der Waals surface area contributed by atoms with E-state index in [0.717, 1.165) is 18.7 Å². The van der Waals surface area contributed by atoms with Gasteiger partial charge in [-0.3, -0.25) is 9.59 Å². The molecular formula is C16H18N4O2. The molecule has 1 aromatic heterocycles. The lowest BCUT2D eigenvalue weighted by Gasteiger charge is -2.26. The average molecular weight is 298 g/mol. The van der Waals surface area contributed by atoms with Crippen LogP contribution in [0.2, 0.25) is 0 Å². The van der Waals surface area contributed by atoms with Crippen LogP contribution >= 0.6 is 0 Å². The minimum atomic E-state index is -0.242. The van der Waals surface area contributed by atoms with Gasteiger partial charge >= 0.3 is 0 Å². The molecular weight excluding hydrogens is 280 g/mol. The summed E-state index contributed by atoms with van der Waals surface area (Å²) in [5.41, 5.74) is 1.02. The topological polar surface area (TPSA) is 76.0 Å². The zero-order valence-electron chi connectivity index (χ0n) is 12.2. The minimum absolute atomic E-state index is 0.219. The average Bonchev–Trinajstić information content (AvgIpc) is 2.49. The van der Waals surface area contributed by atoms with Crippen LogP contribution in [-0.2, 0) is 6.54 Å². The van der Waals surface area contributed by atoms with Gasteiger partial charge in [0.15, 0.2) is 0 Å². The molecule has 0 spiro atoms. The zero-order chi connectivity index (χ0) is 15.4. The Hall–Kier alpha value is -2.47. The summed E-state index contributed by atoms with van der Waals surface area (Å²) in [6.07, 6.45) is 0. The van der Waals surface area contributed by atoms with Crippen LogP contribution < -0.4 is 16.2 Å². The molecule has 1 aliphatic heterocycles. The lowest BCUT2D eigenvalue weighted by molar-refractivity contribution is 0.0934. The standard InChI is InChI=1S/C16H18N4O2/c21-15-7-6-14(16(22)18-10-13-8-17-9-13)19-20(15)11-12-4-2-1-3-5-12/h1-7,13,17H,8-11H2,(H,18,22). The van der Waals surface area contributed by atoms with Gasteiger partial charge in [-0.1, -0.05) is 30.3 Å². The summed E-state index contributed by atoms with van der Waals surface area (Å²) < 4.78 is 1.31. The predicted octanol–water partition coefficient (Wildman–Crippen LogP) is 0.241. The molecule has 0 unspecified atom stereocenters. The SMILES string of the molecule is O=C(NCC1CNC1)c1ccc(=O)n(Cc2ccccc2)n1. The van der Waals surface area contributed by atoms with Crippen LogP contribution in [0.15, 0.2) is 47.3 Å². The molecule has 22 heavy (non-hydrogen) atoms. The third kappa shape index (κ3) is 3.40. The molecule has 114 valence electrons. The van der Waals surface area contributed by atoms with Crippen LogP contribution in [0.1, 0.15) is 16.1 Å². The van der Waals surface area contributed by atoms with Gasteiger partial charge in [0.1, 0.15) is 5.69 Å². The van der Waals surface area contributed by atoms with Gasteiger partial charge in [-0.2, -0.15) is 5.10 Å². The highest BCUT2D eigenvalue weighted by atomic mass is 16.2. The Morgan fingerprint density at radius 3 is 2.68 bits per heavy atom. The van der Waals surface area contributed by atoms with Crippen LogP contribution in [0.4, 0.5) is 0 Å². The monoisotopic (exact) mass is 298 g/mol. The first-order valence-electron chi connectivity index (χ1n) is 7.33. The lowest BCUT2D eigenvalue weighted by Crippen LogP contribution is -2.48. The Labute approximate surface area is 128 Å². The number of amides is 1. The first-order chi connectivity index (χ1) is 10.7. The molecule has 0 aliphatic carbocycles. The third-order valence-corrected chi connectivity index (χ3v) is 3.69. The largest absolute Gasteiger partial charge is 0.350 e. The second-order valence-electron chi connectivity index (χ2n) is 5.43. The van der Waals surface area contributed by atoms with Gasteiger partial charge in [0, 0.05) is 31.6 Å². The van der Waals surface area contributed by atoms with E-state index >= 15 is 0 Å². The van der Waals surface area contributed by atoms with E-state index in [1.807, 2.05) is 30.3 Å². The maximum atomic E-state index is 12.1. The summed E-state index contributed by atoms with van der Waals surface area (Å²) in [5.74, 6) is 0.243. The maximum absolute atomic E-state index is 12.1. The van der Waals surface area contributed by atoms with E-state index in [1.165, 1.54) is 16.8 Å². The van der Waals surface area contributed by atoms with Crippen molar-refractivity contribution in [2.75, 3.05) is 19.6 Å². The quantitative estimate of drug-likeness (QED) is 0.829. The van der Waals surface area contributed by atoms with Crippen molar-refractivity contribution in [2.24, 2.45) is 5.92 Å². The van der Waals surface area contributed by atoms with Gasteiger partial charge in [0.05, 0.1) is 6.54 Å². The van der Waals surface area contributed by atoms with Crippen LogP contribution in [0.5, 0.6) is 0 Å². The fourth-order valence-corrected chi connectivity index (χ4v) is 2.26. The maximum Gasteiger partial charge on any atom is 0.271 e. The number of carbonyl (C=O) groups excluding carboxylic acids is 1. The predicted molar refractivity (Wildman–Crippen MR) is 82.7 cm³/mol. The summed E-state index contributed by atoms with van der Waals surface area (Å²) >= 11 is 0. The van der Waals surface area contributed by atoms with E-state index in [9.17, 15) is 9.59 Å².